The zero-order chi connectivity index (χ0) is 19.4. The number of rotatable bonds is 6. The lowest BCUT2D eigenvalue weighted by molar-refractivity contribution is 0.207. The highest BCUT2D eigenvalue weighted by Crippen LogP contribution is 2.35. The Morgan fingerprint density at radius 1 is 1.33 bits per heavy atom. The van der Waals surface area contributed by atoms with Gasteiger partial charge in [-0.3, -0.25) is 0 Å². The smallest absolute Gasteiger partial charge is 0.317 e. The first-order chi connectivity index (χ1) is 13.0. The summed E-state index contributed by atoms with van der Waals surface area (Å²) in [5, 5.41) is 11.0. The van der Waals surface area contributed by atoms with Gasteiger partial charge in [-0.05, 0) is 38.5 Å². The van der Waals surface area contributed by atoms with Gasteiger partial charge < -0.3 is 24.3 Å². The Morgan fingerprint density at radius 2 is 2.15 bits per heavy atom. The van der Waals surface area contributed by atoms with E-state index in [0.717, 1.165) is 29.3 Å². The topological polar surface area (TPSA) is 81.5 Å². The minimum absolute atomic E-state index is 0.0855. The average Bonchev–Trinajstić information content (AvgIpc) is 3.35. The second-order valence-electron chi connectivity index (χ2n) is 6.95. The van der Waals surface area contributed by atoms with Gasteiger partial charge in [0.2, 0.25) is 0 Å². The fraction of sp³-hybridized carbons (Fsp3) is 0.526. The van der Waals surface area contributed by atoms with Crippen molar-refractivity contribution in [3.8, 4) is 11.5 Å². The number of urea groups is 1. The quantitative estimate of drug-likeness (QED) is 0.842. The number of carbonyl (C=O) groups is 1. The maximum absolute atomic E-state index is 12.6. The van der Waals surface area contributed by atoms with E-state index in [1.807, 2.05) is 27.7 Å². The summed E-state index contributed by atoms with van der Waals surface area (Å²) in [6.45, 7) is 5.82. The van der Waals surface area contributed by atoms with Crippen LogP contribution in [0, 0.1) is 0 Å². The second kappa shape index (κ2) is 8.28. The van der Waals surface area contributed by atoms with Crippen LogP contribution in [-0.4, -0.2) is 53.0 Å². The number of ether oxygens (including phenoxy) is 2. The van der Waals surface area contributed by atoms with Crippen LogP contribution in [0.25, 0.3) is 0 Å². The third-order valence-corrected chi connectivity index (χ3v) is 4.95. The summed E-state index contributed by atoms with van der Waals surface area (Å²) in [5.74, 6) is 2.60. The predicted molar refractivity (Wildman–Crippen MR) is 101 cm³/mol. The number of aromatic nitrogens is 3. The van der Waals surface area contributed by atoms with Crippen molar-refractivity contribution >= 4 is 6.03 Å². The van der Waals surface area contributed by atoms with Crippen molar-refractivity contribution in [2.24, 2.45) is 0 Å². The lowest BCUT2D eigenvalue weighted by Gasteiger charge is -2.19. The lowest BCUT2D eigenvalue weighted by Crippen LogP contribution is -2.38. The molecule has 1 aliphatic heterocycles. The number of carbonyl (C=O) groups excluding carboxylic acids is 1. The Kier molecular flexibility index (Phi) is 5.83. The van der Waals surface area contributed by atoms with Crippen molar-refractivity contribution in [3.05, 3.63) is 35.9 Å². The molecule has 0 saturated carbocycles. The van der Waals surface area contributed by atoms with E-state index < -0.39 is 0 Å². The van der Waals surface area contributed by atoms with Gasteiger partial charge in [-0.15, -0.1) is 10.2 Å². The molecule has 1 N–H and O–H groups in total. The summed E-state index contributed by atoms with van der Waals surface area (Å²) in [7, 11) is 3.31. The van der Waals surface area contributed by atoms with Crippen molar-refractivity contribution in [2.75, 3.05) is 27.3 Å². The predicted octanol–water partition coefficient (Wildman–Crippen LogP) is 2.58. The molecule has 8 nitrogen and oxygen atoms in total. The Balaban J connectivity index is 1.62. The van der Waals surface area contributed by atoms with Crippen LogP contribution in [0.2, 0.25) is 0 Å². The van der Waals surface area contributed by atoms with Crippen LogP contribution >= 0.6 is 0 Å². The molecular weight excluding hydrogens is 346 g/mol. The minimum atomic E-state index is -0.0855. The van der Waals surface area contributed by atoms with Gasteiger partial charge in [0.05, 0.1) is 20.8 Å². The molecule has 2 heterocycles. The van der Waals surface area contributed by atoms with Crippen molar-refractivity contribution in [1.82, 2.24) is 25.0 Å². The first kappa shape index (κ1) is 19.0. The maximum atomic E-state index is 12.6. The highest BCUT2D eigenvalue weighted by Gasteiger charge is 2.29. The fourth-order valence-corrected chi connectivity index (χ4v) is 3.45. The summed E-state index contributed by atoms with van der Waals surface area (Å²) in [5.41, 5.74) is 1.08. The van der Waals surface area contributed by atoms with E-state index in [1.165, 1.54) is 0 Å². The monoisotopic (exact) mass is 373 g/mol. The molecule has 1 aromatic carbocycles. The van der Waals surface area contributed by atoms with Gasteiger partial charge in [0.15, 0.2) is 5.82 Å². The van der Waals surface area contributed by atoms with E-state index in [0.29, 0.717) is 19.6 Å². The van der Waals surface area contributed by atoms with Crippen LogP contribution in [0.15, 0.2) is 24.5 Å². The molecular formula is C19H27N5O3. The molecule has 2 amide bonds. The van der Waals surface area contributed by atoms with Crippen LogP contribution in [0.1, 0.15) is 43.6 Å². The molecule has 2 aromatic rings. The van der Waals surface area contributed by atoms with Crippen LogP contribution < -0.4 is 14.8 Å². The minimum Gasteiger partial charge on any atom is -0.497 e. The number of likely N-dealkylation sites (tertiary alicyclic amines) is 1. The fourth-order valence-electron chi connectivity index (χ4n) is 3.45. The molecule has 27 heavy (non-hydrogen) atoms. The number of methoxy groups -OCH3 is 2. The van der Waals surface area contributed by atoms with Gasteiger partial charge in [-0.2, -0.15) is 0 Å². The summed E-state index contributed by atoms with van der Waals surface area (Å²) in [6, 6.07) is 5.96. The molecule has 1 aromatic heterocycles. The Morgan fingerprint density at radius 3 is 2.85 bits per heavy atom. The van der Waals surface area contributed by atoms with E-state index in [-0.39, 0.29) is 18.0 Å². The van der Waals surface area contributed by atoms with Crippen LogP contribution in [0.4, 0.5) is 4.79 Å². The molecule has 0 radical (unpaired) electrons. The van der Waals surface area contributed by atoms with E-state index in [1.54, 1.807) is 20.5 Å². The number of nitrogens with one attached hydrogen (secondary N) is 1. The summed E-state index contributed by atoms with van der Waals surface area (Å²) in [4.78, 5) is 14.4. The van der Waals surface area contributed by atoms with E-state index in [2.05, 4.69) is 29.4 Å². The first-order valence-corrected chi connectivity index (χ1v) is 9.16. The normalized spacial score (nSPS) is 16.6. The number of nitrogens with zero attached hydrogens (tertiary/aromatic N) is 4. The molecule has 146 valence electrons. The Hall–Kier alpha value is -2.77. The van der Waals surface area contributed by atoms with Crippen molar-refractivity contribution < 1.29 is 14.3 Å². The second-order valence-corrected chi connectivity index (χ2v) is 6.95. The lowest BCUT2D eigenvalue weighted by atomic mass is 9.97. The van der Waals surface area contributed by atoms with Crippen LogP contribution in [-0.2, 0) is 6.54 Å². The van der Waals surface area contributed by atoms with Gasteiger partial charge in [0.1, 0.15) is 17.8 Å². The molecule has 1 fully saturated rings. The number of benzene rings is 1. The number of amides is 2. The molecule has 1 atom stereocenters. The maximum Gasteiger partial charge on any atom is 0.317 e. The standard InChI is InChI=1S/C19H27N5O3/c1-13(2)24-12-21-22-18(24)10-20-19(25)23-8-7-14(11-23)16-9-15(26-3)5-6-17(16)27-4/h5-6,9,12-14H,7-8,10-11H2,1-4H3,(H,20,25). The molecule has 1 saturated heterocycles. The number of hydrogen-bond acceptors (Lipinski definition) is 5. The van der Waals surface area contributed by atoms with Crippen molar-refractivity contribution in [3.63, 3.8) is 0 Å². The summed E-state index contributed by atoms with van der Waals surface area (Å²) < 4.78 is 12.8. The number of hydrogen-bond donors (Lipinski definition) is 1. The largest absolute Gasteiger partial charge is 0.497 e. The van der Waals surface area contributed by atoms with E-state index >= 15 is 0 Å². The van der Waals surface area contributed by atoms with Crippen molar-refractivity contribution in [2.45, 2.75) is 38.8 Å². The average molecular weight is 373 g/mol. The Labute approximate surface area is 159 Å². The summed E-state index contributed by atoms with van der Waals surface area (Å²) >= 11 is 0. The van der Waals surface area contributed by atoms with E-state index in [9.17, 15) is 4.79 Å². The molecule has 0 spiro atoms. The molecule has 0 aliphatic carbocycles. The van der Waals surface area contributed by atoms with Gasteiger partial charge in [-0.25, -0.2) is 4.79 Å². The zero-order valence-electron chi connectivity index (χ0n) is 16.3. The van der Waals surface area contributed by atoms with Crippen LogP contribution in [0.5, 0.6) is 11.5 Å². The zero-order valence-corrected chi connectivity index (χ0v) is 16.3. The SMILES string of the molecule is COc1ccc(OC)c(C2CCN(C(=O)NCc3nncn3C(C)C)C2)c1. The molecule has 1 unspecified atom stereocenters. The molecule has 3 rings (SSSR count). The van der Waals surface area contributed by atoms with Crippen LogP contribution in [0.3, 0.4) is 0 Å². The molecule has 8 heteroatoms. The van der Waals surface area contributed by atoms with Gasteiger partial charge >= 0.3 is 6.03 Å². The van der Waals surface area contributed by atoms with Gasteiger partial charge in [0.25, 0.3) is 0 Å². The third kappa shape index (κ3) is 4.15. The Bertz CT molecular complexity index is 789. The highest BCUT2D eigenvalue weighted by molar-refractivity contribution is 5.74. The molecule has 0 bridgehead atoms. The highest BCUT2D eigenvalue weighted by atomic mass is 16.5. The van der Waals surface area contributed by atoms with Gasteiger partial charge in [-0.1, -0.05) is 0 Å². The summed E-state index contributed by atoms with van der Waals surface area (Å²) in [6.07, 6.45) is 2.58. The third-order valence-electron chi connectivity index (χ3n) is 4.95. The van der Waals surface area contributed by atoms with Gasteiger partial charge in [0, 0.05) is 30.6 Å². The van der Waals surface area contributed by atoms with E-state index in [4.69, 9.17) is 9.47 Å². The first-order valence-electron chi connectivity index (χ1n) is 9.16. The molecule has 1 aliphatic rings. The van der Waals surface area contributed by atoms with Crippen molar-refractivity contribution in [1.29, 1.82) is 0 Å².